The van der Waals surface area contributed by atoms with Crippen molar-refractivity contribution >= 4 is 39.8 Å². The number of rotatable bonds is 5. The third-order valence-corrected chi connectivity index (χ3v) is 5.28. The normalized spacial score (nSPS) is 14.0. The lowest BCUT2D eigenvalue weighted by molar-refractivity contribution is -0.118. The summed E-state index contributed by atoms with van der Waals surface area (Å²) in [4.78, 5) is 26.9. The van der Waals surface area contributed by atoms with Gasteiger partial charge in [-0.05, 0) is 43.3 Å². The summed E-state index contributed by atoms with van der Waals surface area (Å²) in [6, 6.07) is 6.66. The van der Waals surface area contributed by atoms with Gasteiger partial charge in [0, 0.05) is 23.0 Å². The predicted octanol–water partition coefficient (Wildman–Crippen LogP) is 3.11. The molecule has 1 amide bonds. The standard InChI is InChI=1S/C17H17ClN2O4S/c1-20-7-6-12-13(8-20)25-16(15(12)17(22)23)19-14(21)9-24-11-4-2-10(18)3-5-11/h2-5H,6-9H2,1H3,(H,19,21)(H,22,23). The SMILES string of the molecule is CN1CCc2c(sc(NC(=O)COc3ccc(Cl)cc3)c2C(=O)O)C1. The van der Waals surface area contributed by atoms with Crippen LogP contribution in [0.3, 0.4) is 0 Å². The molecule has 132 valence electrons. The molecule has 0 radical (unpaired) electrons. The molecule has 0 fully saturated rings. The summed E-state index contributed by atoms with van der Waals surface area (Å²) in [5.41, 5.74) is 1.03. The van der Waals surface area contributed by atoms with Gasteiger partial charge in [0.05, 0.1) is 5.56 Å². The molecule has 0 saturated carbocycles. The lowest BCUT2D eigenvalue weighted by Crippen LogP contribution is -2.26. The number of anilines is 1. The van der Waals surface area contributed by atoms with Gasteiger partial charge in [-0.3, -0.25) is 4.79 Å². The summed E-state index contributed by atoms with van der Waals surface area (Å²) in [5.74, 6) is -0.898. The van der Waals surface area contributed by atoms with E-state index in [9.17, 15) is 14.7 Å². The largest absolute Gasteiger partial charge is 0.484 e. The van der Waals surface area contributed by atoms with Gasteiger partial charge in [-0.15, -0.1) is 11.3 Å². The van der Waals surface area contributed by atoms with Crippen molar-refractivity contribution in [3.8, 4) is 5.75 Å². The number of thiophene rings is 1. The highest BCUT2D eigenvalue weighted by Gasteiger charge is 2.27. The molecular weight excluding hydrogens is 364 g/mol. The highest BCUT2D eigenvalue weighted by molar-refractivity contribution is 7.17. The number of carboxylic acid groups (broad SMARTS) is 1. The minimum Gasteiger partial charge on any atom is -0.484 e. The number of carbonyl (C=O) groups is 2. The van der Waals surface area contributed by atoms with Crippen molar-refractivity contribution in [2.24, 2.45) is 0 Å². The maximum atomic E-state index is 12.1. The number of fused-ring (bicyclic) bond motifs is 1. The van der Waals surface area contributed by atoms with E-state index in [1.807, 2.05) is 7.05 Å². The van der Waals surface area contributed by atoms with Crippen molar-refractivity contribution < 1.29 is 19.4 Å². The fourth-order valence-corrected chi connectivity index (χ4v) is 4.15. The van der Waals surface area contributed by atoms with E-state index >= 15 is 0 Å². The van der Waals surface area contributed by atoms with Gasteiger partial charge < -0.3 is 20.1 Å². The average Bonchev–Trinajstić information content (AvgIpc) is 2.91. The van der Waals surface area contributed by atoms with Gasteiger partial charge in [0.1, 0.15) is 10.8 Å². The first-order chi connectivity index (χ1) is 11.9. The number of ether oxygens (including phenoxy) is 1. The second-order valence-corrected chi connectivity index (χ2v) is 7.33. The predicted molar refractivity (Wildman–Crippen MR) is 96.9 cm³/mol. The number of hydrogen-bond acceptors (Lipinski definition) is 5. The first kappa shape index (κ1) is 17.7. The first-order valence-electron chi connectivity index (χ1n) is 7.68. The van der Waals surface area contributed by atoms with Crippen LogP contribution in [0, 0.1) is 0 Å². The number of carbonyl (C=O) groups excluding carboxylic acids is 1. The average molecular weight is 381 g/mol. The van der Waals surface area contributed by atoms with E-state index < -0.39 is 11.9 Å². The number of nitrogens with one attached hydrogen (secondary N) is 1. The van der Waals surface area contributed by atoms with Crippen LogP contribution in [0.5, 0.6) is 5.75 Å². The molecule has 0 aliphatic carbocycles. The van der Waals surface area contributed by atoms with E-state index in [1.165, 1.54) is 11.3 Å². The van der Waals surface area contributed by atoms with Gasteiger partial charge in [0.2, 0.25) is 0 Å². The number of amides is 1. The third-order valence-electron chi connectivity index (χ3n) is 3.90. The molecule has 0 bridgehead atoms. The van der Waals surface area contributed by atoms with Crippen molar-refractivity contribution in [3.63, 3.8) is 0 Å². The molecule has 1 aliphatic rings. The summed E-state index contributed by atoms with van der Waals surface area (Å²) < 4.78 is 5.39. The Morgan fingerprint density at radius 1 is 1.36 bits per heavy atom. The lowest BCUT2D eigenvalue weighted by Gasteiger charge is -2.22. The Kier molecular flexibility index (Phi) is 5.27. The summed E-state index contributed by atoms with van der Waals surface area (Å²) >= 11 is 7.11. The number of likely N-dealkylation sites (N-methyl/N-ethyl adjacent to an activating group) is 1. The zero-order chi connectivity index (χ0) is 18.0. The minimum absolute atomic E-state index is 0.202. The zero-order valence-electron chi connectivity index (χ0n) is 13.5. The van der Waals surface area contributed by atoms with Gasteiger partial charge in [0.15, 0.2) is 6.61 Å². The Bertz CT molecular complexity index is 804. The first-order valence-corrected chi connectivity index (χ1v) is 8.88. The highest BCUT2D eigenvalue weighted by atomic mass is 35.5. The van der Waals surface area contributed by atoms with E-state index in [0.717, 1.165) is 17.0 Å². The molecule has 1 aromatic carbocycles. The molecule has 0 spiro atoms. The maximum Gasteiger partial charge on any atom is 0.339 e. The monoisotopic (exact) mass is 380 g/mol. The molecule has 8 heteroatoms. The van der Waals surface area contributed by atoms with Gasteiger partial charge in [-0.1, -0.05) is 11.6 Å². The fraction of sp³-hybridized carbons (Fsp3) is 0.294. The number of hydrogen-bond donors (Lipinski definition) is 2. The van der Waals surface area contributed by atoms with Crippen LogP contribution in [0.25, 0.3) is 0 Å². The Balaban J connectivity index is 1.70. The molecule has 0 saturated heterocycles. The van der Waals surface area contributed by atoms with E-state index in [4.69, 9.17) is 16.3 Å². The van der Waals surface area contributed by atoms with Crippen LogP contribution in [0.15, 0.2) is 24.3 Å². The quantitative estimate of drug-likeness (QED) is 0.833. The highest BCUT2D eigenvalue weighted by Crippen LogP contribution is 2.36. The molecular formula is C17H17ClN2O4S. The molecule has 1 aromatic heterocycles. The number of carboxylic acids is 1. The molecule has 1 aliphatic heterocycles. The smallest absolute Gasteiger partial charge is 0.339 e. The van der Waals surface area contributed by atoms with Gasteiger partial charge in [-0.25, -0.2) is 4.79 Å². The van der Waals surface area contributed by atoms with Gasteiger partial charge >= 0.3 is 5.97 Å². The number of aromatic carboxylic acids is 1. The van der Waals surface area contributed by atoms with Crippen LogP contribution in [-0.2, 0) is 17.8 Å². The number of halogens is 1. The van der Waals surface area contributed by atoms with Crippen molar-refractivity contribution in [2.75, 3.05) is 25.5 Å². The molecule has 6 nitrogen and oxygen atoms in total. The molecule has 0 atom stereocenters. The summed E-state index contributed by atoms with van der Waals surface area (Å²) in [6.07, 6.45) is 0.668. The third kappa shape index (κ3) is 4.12. The molecule has 2 heterocycles. The summed E-state index contributed by atoms with van der Waals surface area (Å²) in [7, 11) is 1.99. The van der Waals surface area contributed by atoms with Gasteiger partial charge in [0.25, 0.3) is 5.91 Å². The molecule has 3 rings (SSSR count). The van der Waals surface area contributed by atoms with Crippen molar-refractivity contribution in [1.82, 2.24) is 4.90 Å². The van der Waals surface area contributed by atoms with Crippen molar-refractivity contribution in [1.29, 1.82) is 0 Å². The Morgan fingerprint density at radius 3 is 2.76 bits per heavy atom. The number of nitrogens with zero attached hydrogens (tertiary/aromatic N) is 1. The van der Waals surface area contributed by atoms with E-state index in [1.54, 1.807) is 24.3 Å². The zero-order valence-corrected chi connectivity index (χ0v) is 15.1. The molecule has 0 unspecified atom stereocenters. The minimum atomic E-state index is -1.02. The van der Waals surface area contributed by atoms with Crippen LogP contribution in [0.2, 0.25) is 5.02 Å². The van der Waals surface area contributed by atoms with Crippen LogP contribution in [-0.4, -0.2) is 42.1 Å². The summed E-state index contributed by atoms with van der Waals surface area (Å²) in [5, 5.41) is 13.1. The topological polar surface area (TPSA) is 78.9 Å². The van der Waals surface area contributed by atoms with Crippen LogP contribution in [0.1, 0.15) is 20.8 Å². The second kappa shape index (κ2) is 7.43. The fourth-order valence-electron chi connectivity index (χ4n) is 2.69. The Labute approximate surface area is 154 Å². The second-order valence-electron chi connectivity index (χ2n) is 5.79. The van der Waals surface area contributed by atoms with E-state index in [-0.39, 0.29) is 12.2 Å². The van der Waals surface area contributed by atoms with Crippen LogP contribution < -0.4 is 10.1 Å². The van der Waals surface area contributed by atoms with E-state index in [2.05, 4.69) is 10.2 Å². The van der Waals surface area contributed by atoms with Crippen molar-refractivity contribution in [2.45, 2.75) is 13.0 Å². The van der Waals surface area contributed by atoms with Crippen LogP contribution >= 0.6 is 22.9 Å². The Hall–Kier alpha value is -2.09. The van der Waals surface area contributed by atoms with E-state index in [0.29, 0.717) is 28.7 Å². The molecule has 25 heavy (non-hydrogen) atoms. The number of benzene rings is 1. The maximum absolute atomic E-state index is 12.1. The molecule has 2 N–H and O–H groups in total. The molecule has 2 aromatic rings. The Morgan fingerprint density at radius 2 is 2.08 bits per heavy atom. The van der Waals surface area contributed by atoms with Crippen molar-refractivity contribution in [3.05, 3.63) is 45.3 Å². The summed E-state index contributed by atoms with van der Waals surface area (Å²) in [6.45, 7) is 1.29. The van der Waals surface area contributed by atoms with Crippen LogP contribution in [0.4, 0.5) is 5.00 Å². The van der Waals surface area contributed by atoms with Gasteiger partial charge in [-0.2, -0.15) is 0 Å². The lowest BCUT2D eigenvalue weighted by atomic mass is 10.0.